The van der Waals surface area contributed by atoms with E-state index in [9.17, 15) is 13.6 Å². The van der Waals surface area contributed by atoms with Crippen LogP contribution in [0.5, 0.6) is 0 Å². The molecule has 0 atom stereocenters. The van der Waals surface area contributed by atoms with E-state index in [-0.39, 0.29) is 9.93 Å². The van der Waals surface area contributed by atoms with Crippen molar-refractivity contribution in [2.45, 2.75) is 11.8 Å². The summed E-state index contributed by atoms with van der Waals surface area (Å²) in [5.41, 5.74) is -0.671. The highest BCUT2D eigenvalue weighted by Crippen LogP contribution is 2.28. The van der Waals surface area contributed by atoms with Crippen LogP contribution in [0.2, 0.25) is 0 Å². The normalized spacial score (nSPS) is 10.7. The first kappa shape index (κ1) is 12.5. The Balaban J connectivity index is 3.42. The number of hydrogen-bond donors (Lipinski definition) is 1. The van der Waals surface area contributed by atoms with Crippen LogP contribution >= 0.6 is 31.9 Å². The predicted octanol–water partition coefficient (Wildman–Crippen LogP) is 3.37. The van der Waals surface area contributed by atoms with Crippen molar-refractivity contribution in [2.75, 3.05) is 0 Å². The number of hydrogen-bond acceptors (Lipinski definition) is 2. The molecule has 1 aromatic heterocycles. The van der Waals surface area contributed by atoms with Crippen molar-refractivity contribution in [1.29, 1.82) is 0 Å². The van der Waals surface area contributed by atoms with Gasteiger partial charge in [0.25, 0.3) is 6.43 Å². The zero-order chi connectivity index (χ0) is 11.6. The summed E-state index contributed by atoms with van der Waals surface area (Å²) in [5.74, 6) is -1.43. The number of pyridine rings is 1. The van der Waals surface area contributed by atoms with E-state index < -0.39 is 23.5 Å². The van der Waals surface area contributed by atoms with E-state index in [0.717, 1.165) is 6.07 Å². The second-order valence-corrected chi connectivity index (χ2v) is 3.92. The molecule has 0 aliphatic rings. The Morgan fingerprint density at radius 2 is 2.20 bits per heavy atom. The molecule has 3 nitrogen and oxygen atoms in total. The van der Waals surface area contributed by atoms with Gasteiger partial charge in [0.05, 0.1) is 5.69 Å². The van der Waals surface area contributed by atoms with E-state index in [2.05, 4.69) is 36.8 Å². The maximum atomic E-state index is 12.6. The molecule has 1 N–H and O–H groups in total. The van der Waals surface area contributed by atoms with Gasteiger partial charge < -0.3 is 5.11 Å². The molecule has 0 aliphatic heterocycles. The van der Waals surface area contributed by atoms with E-state index in [0.29, 0.717) is 5.69 Å². The minimum Gasteiger partial charge on any atom is -0.478 e. The third-order valence-electron chi connectivity index (χ3n) is 1.64. The fourth-order valence-corrected chi connectivity index (χ4v) is 1.95. The molecule has 1 rings (SSSR count). The molecule has 0 unspecified atom stereocenters. The van der Waals surface area contributed by atoms with Gasteiger partial charge in [-0.05, 0) is 22.0 Å². The topological polar surface area (TPSA) is 50.2 Å². The number of halogens is 4. The van der Waals surface area contributed by atoms with Crippen molar-refractivity contribution in [3.05, 3.63) is 27.5 Å². The molecule has 0 aromatic carbocycles. The quantitative estimate of drug-likeness (QED) is 0.675. The van der Waals surface area contributed by atoms with Crippen molar-refractivity contribution in [2.24, 2.45) is 0 Å². The van der Waals surface area contributed by atoms with Crippen molar-refractivity contribution in [3.63, 3.8) is 0 Å². The number of alkyl halides is 3. The number of carboxylic acid groups (broad SMARTS) is 1. The summed E-state index contributed by atoms with van der Waals surface area (Å²) in [6, 6.07) is 1.08. The van der Waals surface area contributed by atoms with Gasteiger partial charge in [-0.25, -0.2) is 18.6 Å². The van der Waals surface area contributed by atoms with Crippen LogP contribution in [0.1, 0.15) is 28.0 Å². The minimum absolute atomic E-state index is 0.0812. The Kier molecular flexibility index (Phi) is 4.15. The fourth-order valence-electron chi connectivity index (χ4n) is 1.04. The summed E-state index contributed by atoms with van der Waals surface area (Å²) in [5, 5.41) is 9.03. The maximum Gasteiger partial charge on any atom is 0.338 e. The van der Waals surface area contributed by atoms with E-state index in [1.807, 2.05) is 0 Å². The summed E-state index contributed by atoms with van der Waals surface area (Å²) in [7, 11) is 0. The van der Waals surface area contributed by atoms with Crippen LogP contribution in [0.25, 0.3) is 0 Å². The molecule has 0 aliphatic carbocycles. The first-order valence-electron chi connectivity index (χ1n) is 3.74. The van der Waals surface area contributed by atoms with Crippen LogP contribution in [0.3, 0.4) is 0 Å². The lowest BCUT2D eigenvalue weighted by Gasteiger charge is -2.08. The van der Waals surface area contributed by atoms with Crippen molar-refractivity contribution >= 4 is 37.8 Å². The smallest absolute Gasteiger partial charge is 0.338 e. The largest absolute Gasteiger partial charge is 0.478 e. The first-order chi connectivity index (χ1) is 6.97. The molecule has 0 saturated carbocycles. The Labute approximate surface area is 101 Å². The molecule has 1 aromatic rings. The number of aromatic nitrogens is 1. The first-order valence-corrected chi connectivity index (χ1v) is 5.65. The number of carboxylic acids is 1. The van der Waals surface area contributed by atoms with Crippen LogP contribution in [-0.4, -0.2) is 16.1 Å². The van der Waals surface area contributed by atoms with Crippen LogP contribution in [0, 0.1) is 0 Å². The minimum atomic E-state index is -2.84. The number of aromatic carboxylic acids is 1. The zero-order valence-electron chi connectivity index (χ0n) is 7.18. The Bertz CT molecular complexity index is 398. The van der Waals surface area contributed by atoms with Gasteiger partial charge in [0.1, 0.15) is 10.2 Å². The number of nitrogens with zero attached hydrogens (tertiary/aromatic N) is 1. The zero-order valence-corrected chi connectivity index (χ0v) is 10.3. The summed E-state index contributed by atoms with van der Waals surface area (Å²) >= 11 is 5.92. The van der Waals surface area contributed by atoms with E-state index in [1.165, 1.54) is 0 Å². The Morgan fingerprint density at radius 3 is 2.60 bits per heavy atom. The molecule has 82 valence electrons. The summed E-state index contributed by atoms with van der Waals surface area (Å²) in [4.78, 5) is 14.5. The second-order valence-electron chi connectivity index (χ2n) is 2.61. The van der Waals surface area contributed by atoms with Crippen LogP contribution in [-0.2, 0) is 5.33 Å². The molecule has 0 saturated heterocycles. The fraction of sp³-hybridized carbons (Fsp3) is 0.250. The highest BCUT2D eigenvalue weighted by Gasteiger charge is 2.22. The molecular weight excluding hydrogens is 340 g/mol. The third kappa shape index (κ3) is 2.72. The monoisotopic (exact) mass is 343 g/mol. The third-order valence-corrected chi connectivity index (χ3v) is 2.79. The highest BCUT2D eigenvalue weighted by molar-refractivity contribution is 9.10. The van der Waals surface area contributed by atoms with Gasteiger partial charge in [-0.3, -0.25) is 0 Å². The molecule has 7 heteroatoms. The van der Waals surface area contributed by atoms with Gasteiger partial charge in [-0.2, -0.15) is 0 Å². The molecule has 0 amide bonds. The molecule has 1 heterocycles. The van der Waals surface area contributed by atoms with E-state index >= 15 is 0 Å². The molecule has 0 radical (unpaired) electrons. The lowest BCUT2D eigenvalue weighted by molar-refractivity contribution is 0.0682. The SMILES string of the molecule is O=C(O)c1c(C(F)F)cc(CBr)nc1Br. The number of rotatable bonds is 3. The molecule has 15 heavy (non-hydrogen) atoms. The Morgan fingerprint density at radius 1 is 1.60 bits per heavy atom. The van der Waals surface area contributed by atoms with Gasteiger partial charge in [0.15, 0.2) is 0 Å². The van der Waals surface area contributed by atoms with Gasteiger partial charge in [-0.1, -0.05) is 15.9 Å². The lowest BCUT2D eigenvalue weighted by atomic mass is 10.1. The lowest BCUT2D eigenvalue weighted by Crippen LogP contribution is -2.07. The molecule has 0 fully saturated rings. The van der Waals surface area contributed by atoms with E-state index in [1.54, 1.807) is 0 Å². The molecular formula is C8H5Br2F2NO2. The summed E-state index contributed by atoms with van der Waals surface area (Å²) in [6.07, 6.45) is -2.84. The van der Waals surface area contributed by atoms with Crippen molar-refractivity contribution in [3.8, 4) is 0 Å². The van der Waals surface area contributed by atoms with E-state index in [4.69, 9.17) is 5.11 Å². The van der Waals surface area contributed by atoms with Gasteiger partial charge in [0.2, 0.25) is 0 Å². The maximum absolute atomic E-state index is 12.6. The molecule has 0 bridgehead atoms. The predicted molar refractivity (Wildman–Crippen MR) is 56.5 cm³/mol. The molecule has 0 spiro atoms. The van der Waals surface area contributed by atoms with Gasteiger partial charge in [0, 0.05) is 10.9 Å². The standard InChI is InChI=1S/C8H5Br2F2NO2/c9-2-3-1-4(7(11)12)5(8(14)15)6(10)13-3/h1,7H,2H2,(H,14,15). The Hall–Kier alpha value is -0.560. The highest BCUT2D eigenvalue weighted by atomic mass is 79.9. The second kappa shape index (κ2) is 4.98. The number of carbonyl (C=O) groups is 1. The summed E-state index contributed by atoms with van der Waals surface area (Å²) in [6.45, 7) is 0. The summed E-state index contributed by atoms with van der Waals surface area (Å²) < 4.78 is 25.0. The average Bonchev–Trinajstić information content (AvgIpc) is 2.15. The van der Waals surface area contributed by atoms with Gasteiger partial charge >= 0.3 is 5.97 Å². The van der Waals surface area contributed by atoms with Crippen molar-refractivity contribution < 1.29 is 18.7 Å². The average molecular weight is 345 g/mol. The van der Waals surface area contributed by atoms with Crippen molar-refractivity contribution in [1.82, 2.24) is 4.98 Å². The van der Waals surface area contributed by atoms with Crippen LogP contribution < -0.4 is 0 Å². The van der Waals surface area contributed by atoms with Crippen LogP contribution in [0.15, 0.2) is 10.7 Å². The van der Waals surface area contributed by atoms with Gasteiger partial charge in [-0.15, -0.1) is 0 Å². The van der Waals surface area contributed by atoms with Crippen LogP contribution in [0.4, 0.5) is 8.78 Å².